The van der Waals surface area contributed by atoms with Crippen molar-refractivity contribution >= 4 is 29.8 Å². The zero-order valence-corrected chi connectivity index (χ0v) is 36.4. The molecule has 18 heteroatoms. The van der Waals surface area contributed by atoms with E-state index in [4.69, 9.17) is 33.2 Å². The molecule has 1 amide bonds. The number of aliphatic hydroxyl groups excluding tert-OH is 1. The molecular formula is C45H54F3NO14. The molecule has 15 nitrogen and oxygen atoms in total. The van der Waals surface area contributed by atoms with Crippen molar-refractivity contribution in [1.29, 1.82) is 0 Å². The molecule has 2 aromatic rings. The molecule has 0 unspecified atom stereocenters. The molecule has 4 aliphatic rings. The Kier molecular flexibility index (Phi) is 12.8. The molecule has 11 atom stereocenters. The molecule has 1 saturated heterocycles. The van der Waals surface area contributed by atoms with E-state index in [1.165, 1.54) is 59.1 Å². The van der Waals surface area contributed by atoms with Crippen LogP contribution in [0.5, 0.6) is 0 Å². The molecule has 0 radical (unpaired) electrons. The molecule has 2 saturated carbocycles. The molecule has 3 N–H and O–H groups in total. The second-order valence-electron chi connectivity index (χ2n) is 18.3. The number of alkyl halides is 3. The van der Waals surface area contributed by atoms with Crippen molar-refractivity contribution in [3.8, 4) is 0 Å². The van der Waals surface area contributed by atoms with Gasteiger partial charge in [-0.25, -0.2) is 14.4 Å². The van der Waals surface area contributed by atoms with Crippen molar-refractivity contribution < 1.29 is 80.5 Å². The van der Waals surface area contributed by atoms with Gasteiger partial charge < -0.3 is 44.0 Å². The number of alkyl carbamates (subject to hydrolysis) is 1. The first-order valence-electron chi connectivity index (χ1n) is 20.5. The van der Waals surface area contributed by atoms with Crippen molar-refractivity contribution in [3.05, 3.63) is 82.9 Å². The van der Waals surface area contributed by atoms with E-state index >= 15 is 4.79 Å². The molecule has 344 valence electrons. The van der Waals surface area contributed by atoms with E-state index in [2.05, 4.69) is 5.32 Å². The average Bonchev–Trinajstić information content (AvgIpc) is 3.18. The van der Waals surface area contributed by atoms with E-state index in [1.807, 2.05) is 0 Å². The highest BCUT2D eigenvalue weighted by Crippen LogP contribution is 2.65. The number of fused-ring (bicyclic) bond motifs is 5. The summed E-state index contributed by atoms with van der Waals surface area (Å²) in [6.45, 7) is 10.7. The molecule has 0 aromatic heterocycles. The minimum atomic E-state index is -5.48. The van der Waals surface area contributed by atoms with Gasteiger partial charge >= 0.3 is 30.4 Å². The van der Waals surface area contributed by atoms with Gasteiger partial charge in [0.05, 0.1) is 35.6 Å². The number of Topliss-reactive ketones (excluding diaryl/α,β-unsaturated/α-hetero) is 1. The third kappa shape index (κ3) is 8.59. The van der Waals surface area contributed by atoms with E-state index in [1.54, 1.807) is 57.2 Å². The Hall–Kier alpha value is -4.88. The Morgan fingerprint density at radius 1 is 0.952 bits per heavy atom. The molecule has 6 rings (SSSR count). The molecular weight excluding hydrogens is 835 g/mol. The number of carbonyl (C=O) groups is 5. The lowest BCUT2D eigenvalue weighted by molar-refractivity contribution is -0.358. The fourth-order valence-electron chi connectivity index (χ4n) is 10.1. The van der Waals surface area contributed by atoms with Crippen LogP contribution in [0.3, 0.4) is 0 Å². The fraction of sp³-hybridized carbons (Fsp3) is 0.578. The number of rotatable bonds is 10. The molecule has 2 aromatic carbocycles. The van der Waals surface area contributed by atoms with Gasteiger partial charge in [0, 0.05) is 32.3 Å². The summed E-state index contributed by atoms with van der Waals surface area (Å²) in [7, 11) is 1.23. The first-order valence-corrected chi connectivity index (χ1v) is 20.5. The van der Waals surface area contributed by atoms with Crippen LogP contribution in [0.15, 0.2) is 71.8 Å². The number of hydrogen-bond donors (Lipinski definition) is 3. The Labute approximate surface area is 362 Å². The number of esters is 3. The van der Waals surface area contributed by atoms with Gasteiger partial charge in [-0.05, 0) is 63.5 Å². The lowest BCUT2D eigenvalue weighted by Crippen LogP contribution is -2.82. The van der Waals surface area contributed by atoms with Gasteiger partial charge in [-0.3, -0.25) is 14.3 Å². The SMILES string of the molecule is CO[C@H]1C[C@H]2OC[C@@]2(OC(C)=O)[C@H]2[C@H](OC(=O)c3ccccc3)[C@]3(O)C[C@H](OC(=O)[C@H](O)[C@@H](NC(=O)OC(C)(C)C)c4ccccc4)C(C)=C([C@@H](OC(F)(F)F)C(=O)[C@]12C)C3(C)C. The van der Waals surface area contributed by atoms with Crippen molar-refractivity contribution in [1.82, 2.24) is 5.32 Å². The summed E-state index contributed by atoms with van der Waals surface area (Å²) in [6.07, 6.45) is -18.1. The summed E-state index contributed by atoms with van der Waals surface area (Å²) in [4.78, 5) is 70.0. The number of aliphatic hydroxyl groups is 2. The summed E-state index contributed by atoms with van der Waals surface area (Å²) in [5.74, 6) is -6.21. The number of nitrogens with one attached hydrogen (secondary N) is 1. The highest BCUT2D eigenvalue weighted by Gasteiger charge is 2.78. The topological polar surface area (TPSA) is 202 Å². The zero-order valence-electron chi connectivity index (χ0n) is 36.4. The van der Waals surface area contributed by atoms with Crippen LogP contribution in [-0.4, -0.2) is 114 Å². The third-order valence-corrected chi connectivity index (χ3v) is 13.0. The van der Waals surface area contributed by atoms with Gasteiger partial charge in [0.1, 0.15) is 35.6 Å². The standard InChI is InChI=1S/C45H54F3NO14/c1-23-27(59-38(54)32(51)31(25-16-12-10-13-17-25)49-39(55)63-40(3,4)5)21-44(56)36(60-37(53)26-18-14-11-15-19-26)34-42(8,28(57-9)20-29-43(34,22-58-29)61-24(2)50)35(52)33(62-45(46,47)48)30(23)41(44,6)7/h10-19,27-29,31-34,36,51,56H,20-22H2,1-9H3,(H,49,55)/t27-,28-,29+,31-,32+,33+,34-,36-,42+,43-,44+/m0/s1. The zero-order chi connectivity index (χ0) is 46.7. The van der Waals surface area contributed by atoms with Crippen LogP contribution < -0.4 is 5.32 Å². The lowest BCUT2D eigenvalue weighted by Gasteiger charge is -2.67. The second kappa shape index (κ2) is 16.9. The Morgan fingerprint density at radius 3 is 2.08 bits per heavy atom. The number of halogens is 3. The minimum absolute atomic E-state index is 0.00683. The molecule has 63 heavy (non-hydrogen) atoms. The van der Waals surface area contributed by atoms with Crippen molar-refractivity contribution in [2.24, 2.45) is 16.7 Å². The maximum absolute atomic E-state index is 15.5. The van der Waals surface area contributed by atoms with Crippen LogP contribution in [0.25, 0.3) is 0 Å². The number of hydrogen-bond acceptors (Lipinski definition) is 14. The molecule has 2 bridgehead atoms. The maximum Gasteiger partial charge on any atom is 0.523 e. The van der Waals surface area contributed by atoms with Crippen molar-refractivity contribution in [2.45, 2.75) is 134 Å². The van der Waals surface area contributed by atoms with E-state index in [-0.39, 0.29) is 23.1 Å². The Balaban J connectivity index is 1.57. The van der Waals surface area contributed by atoms with Crippen molar-refractivity contribution in [2.75, 3.05) is 13.7 Å². The number of ether oxygens (including phenoxy) is 7. The van der Waals surface area contributed by atoms with Crippen molar-refractivity contribution in [3.63, 3.8) is 0 Å². The summed E-state index contributed by atoms with van der Waals surface area (Å²) in [6, 6.07) is 13.9. The molecule has 1 heterocycles. The molecule has 1 aliphatic heterocycles. The van der Waals surface area contributed by atoms with E-state index in [0.29, 0.717) is 0 Å². The van der Waals surface area contributed by atoms with Crippen LogP contribution >= 0.6 is 0 Å². The summed E-state index contributed by atoms with van der Waals surface area (Å²) >= 11 is 0. The number of carbonyl (C=O) groups excluding carboxylic acids is 5. The van der Waals surface area contributed by atoms with Gasteiger partial charge in [0.2, 0.25) is 0 Å². The summed E-state index contributed by atoms with van der Waals surface area (Å²) in [5, 5.41) is 27.7. The Morgan fingerprint density at radius 2 is 1.56 bits per heavy atom. The van der Waals surface area contributed by atoms with Gasteiger partial charge in [-0.15, -0.1) is 13.2 Å². The van der Waals surface area contributed by atoms with Gasteiger partial charge in [-0.2, -0.15) is 0 Å². The monoisotopic (exact) mass is 889 g/mol. The first kappa shape index (κ1) is 47.6. The second-order valence-corrected chi connectivity index (χ2v) is 18.3. The number of benzene rings is 2. The predicted octanol–water partition coefficient (Wildman–Crippen LogP) is 5.46. The first-order chi connectivity index (χ1) is 29.2. The number of amides is 1. The average molecular weight is 890 g/mol. The summed E-state index contributed by atoms with van der Waals surface area (Å²) in [5.41, 5.74) is -10.1. The smallest absolute Gasteiger partial charge is 0.456 e. The Bertz CT molecular complexity index is 2120. The largest absolute Gasteiger partial charge is 0.523 e. The fourth-order valence-corrected chi connectivity index (χ4v) is 10.1. The lowest BCUT2D eigenvalue weighted by atomic mass is 9.44. The third-order valence-electron chi connectivity index (χ3n) is 13.0. The molecule has 3 fully saturated rings. The van der Waals surface area contributed by atoms with Gasteiger partial charge in [-0.1, -0.05) is 62.4 Å². The molecule has 0 spiro atoms. The predicted molar refractivity (Wildman–Crippen MR) is 213 cm³/mol. The van der Waals surface area contributed by atoms with Gasteiger partial charge in [0.25, 0.3) is 0 Å². The normalized spacial score (nSPS) is 32.3. The summed E-state index contributed by atoms with van der Waals surface area (Å²) < 4.78 is 84.5. The van der Waals surface area contributed by atoms with Crippen LogP contribution in [-0.2, 0) is 47.5 Å². The van der Waals surface area contributed by atoms with Gasteiger partial charge in [0.15, 0.2) is 17.5 Å². The highest BCUT2D eigenvalue weighted by atomic mass is 19.4. The minimum Gasteiger partial charge on any atom is -0.456 e. The molecule has 3 aliphatic carbocycles. The highest BCUT2D eigenvalue weighted by molar-refractivity contribution is 5.94. The number of ketones is 1. The van der Waals surface area contributed by atoms with Crippen LogP contribution in [0.2, 0.25) is 0 Å². The van der Waals surface area contributed by atoms with E-state index < -0.39 is 131 Å². The quantitative estimate of drug-likeness (QED) is 0.154. The number of methoxy groups -OCH3 is 1. The van der Waals surface area contributed by atoms with Crippen LogP contribution in [0.1, 0.15) is 90.2 Å². The maximum atomic E-state index is 15.5. The van der Waals surface area contributed by atoms with E-state index in [0.717, 1.165) is 6.92 Å². The van der Waals surface area contributed by atoms with Crippen LogP contribution in [0, 0.1) is 16.7 Å². The van der Waals surface area contributed by atoms with Crippen LogP contribution in [0.4, 0.5) is 18.0 Å². The van der Waals surface area contributed by atoms with E-state index in [9.17, 15) is 42.6 Å².